The Bertz CT molecular complexity index is 1420. The molecule has 3 aliphatic rings. The Balaban J connectivity index is 0.924. The highest BCUT2D eigenvalue weighted by Gasteiger charge is 2.39. The fourth-order valence-electron chi connectivity index (χ4n) is 7.91. The smallest absolute Gasteiger partial charge is 0.184 e. The van der Waals surface area contributed by atoms with Gasteiger partial charge in [-0.15, -0.1) is 0 Å². The highest BCUT2D eigenvalue weighted by Crippen LogP contribution is 2.39. The highest BCUT2D eigenvalue weighted by atomic mass is 16.7. The summed E-state index contributed by atoms with van der Waals surface area (Å²) >= 11 is 0. The summed E-state index contributed by atoms with van der Waals surface area (Å²) in [5.41, 5.74) is 6.92. The molecule has 3 aliphatic heterocycles. The van der Waals surface area contributed by atoms with Gasteiger partial charge in [-0.25, -0.2) is 0 Å². The minimum atomic E-state index is -1.03. The third-order valence-electron chi connectivity index (χ3n) is 11.2. The minimum absolute atomic E-state index is 0.00121. The molecule has 51 heavy (non-hydrogen) atoms. The summed E-state index contributed by atoms with van der Waals surface area (Å²) in [5.74, 6) is 0. The number of aliphatic hydroxyl groups is 1. The molecule has 6 nitrogen and oxygen atoms in total. The molecule has 3 aromatic carbocycles. The van der Waals surface area contributed by atoms with E-state index in [1.807, 2.05) is 31.2 Å². The molecule has 0 saturated carbocycles. The Labute approximate surface area is 307 Å². The van der Waals surface area contributed by atoms with Gasteiger partial charge in [0.15, 0.2) is 12.6 Å². The lowest BCUT2D eigenvalue weighted by molar-refractivity contribution is -0.289. The number of rotatable bonds is 17. The lowest BCUT2D eigenvalue weighted by Crippen LogP contribution is -2.45. The minimum Gasteiger partial charge on any atom is -0.368 e. The summed E-state index contributed by atoms with van der Waals surface area (Å²) < 4.78 is 31.6. The molecule has 0 amide bonds. The van der Waals surface area contributed by atoms with Gasteiger partial charge in [-0.2, -0.15) is 0 Å². The molecule has 0 aliphatic carbocycles. The van der Waals surface area contributed by atoms with Crippen molar-refractivity contribution in [3.63, 3.8) is 0 Å². The number of hydrogen-bond acceptors (Lipinski definition) is 6. The van der Waals surface area contributed by atoms with Crippen molar-refractivity contribution < 1.29 is 28.8 Å². The Morgan fingerprint density at radius 3 is 1.76 bits per heavy atom. The van der Waals surface area contributed by atoms with Crippen LogP contribution in [-0.4, -0.2) is 36.1 Å². The van der Waals surface area contributed by atoms with Crippen LogP contribution in [0.2, 0.25) is 0 Å². The van der Waals surface area contributed by atoms with Gasteiger partial charge in [0.2, 0.25) is 0 Å². The summed E-state index contributed by atoms with van der Waals surface area (Å²) in [6.45, 7) is 7.06. The molecule has 8 unspecified atom stereocenters. The van der Waals surface area contributed by atoms with Gasteiger partial charge in [0, 0.05) is 11.1 Å². The average molecular weight is 699 g/mol. The Morgan fingerprint density at radius 1 is 0.608 bits per heavy atom. The second kappa shape index (κ2) is 19.5. The number of aryl methyl sites for hydroxylation is 2. The molecule has 0 radical (unpaired) electrons. The van der Waals surface area contributed by atoms with Gasteiger partial charge >= 0.3 is 0 Å². The molecule has 278 valence electrons. The van der Waals surface area contributed by atoms with E-state index in [2.05, 4.69) is 62.4 Å². The maximum Gasteiger partial charge on any atom is 0.184 e. The molecular weight excluding hydrogens is 636 g/mol. The molecular formula is C45H62O6. The maximum atomic E-state index is 11.0. The summed E-state index contributed by atoms with van der Waals surface area (Å²) in [6, 6.07) is 25.7. The first kappa shape index (κ1) is 38.2. The average Bonchev–Trinajstić information content (AvgIpc) is 3.17. The number of fused-ring (bicyclic) bond motifs is 1. The largest absolute Gasteiger partial charge is 0.368 e. The number of ether oxygens (including phenoxy) is 5. The van der Waals surface area contributed by atoms with Crippen LogP contribution in [0.25, 0.3) is 0 Å². The molecule has 3 fully saturated rings. The van der Waals surface area contributed by atoms with Crippen LogP contribution in [0.4, 0.5) is 0 Å². The zero-order chi connectivity index (χ0) is 35.4. The van der Waals surface area contributed by atoms with E-state index in [0.29, 0.717) is 12.2 Å². The Kier molecular flexibility index (Phi) is 14.6. The summed E-state index contributed by atoms with van der Waals surface area (Å²) in [6.07, 6.45) is 15.8. The van der Waals surface area contributed by atoms with Crippen molar-refractivity contribution >= 4 is 0 Å². The van der Waals surface area contributed by atoms with Crippen LogP contribution < -0.4 is 0 Å². The lowest BCUT2D eigenvalue weighted by Gasteiger charge is -2.42. The third kappa shape index (κ3) is 10.7. The van der Waals surface area contributed by atoms with Crippen LogP contribution in [0.3, 0.4) is 0 Å². The molecule has 3 heterocycles. The van der Waals surface area contributed by atoms with Crippen LogP contribution in [-0.2, 0) is 36.5 Å². The quantitative estimate of drug-likeness (QED) is 0.112. The Hall–Kier alpha value is -2.58. The molecule has 0 bridgehead atoms. The maximum absolute atomic E-state index is 11.0. The molecule has 6 rings (SSSR count). The number of aliphatic hydroxyl groups excluding tert-OH is 1. The van der Waals surface area contributed by atoms with E-state index < -0.39 is 12.6 Å². The fourth-order valence-corrected chi connectivity index (χ4v) is 7.91. The SMILES string of the molecule is CCCCCCCc1ccc(C2CCC(OC(O)c3ccc(C4OCC5OC(c6ccc(CCCCCC)cc6)CCC5O4)cc3)C(C)O2)cc1. The normalized spacial score (nSPS) is 27.2. The van der Waals surface area contributed by atoms with E-state index in [1.54, 1.807) is 0 Å². The van der Waals surface area contributed by atoms with Crippen molar-refractivity contribution in [3.8, 4) is 0 Å². The number of benzene rings is 3. The standard InChI is InChI=1S/C45H62O6/c1-4-6-8-10-12-14-34-15-19-35(20-16-34)40-28-27-39(32(3)48-40)50-44(46)37-23-25-38(26-24-37)45-47-31-43-42(51-45)30-29-41(49-43)36-21-17-33(18-22-36)13-11-9-7-5-2/h15-26,32,39-46H,4-14,27-31H2,1-3H3. The van der Waals surface area contributed by atoms with E-state index in [4.69, 9.17) is 23.7 Å². The zero-order valence-corrected chi connectivity index (χ0v) is 31.3. The van der Waals surface area contributed by atoms with Gasteiger partial charge in [0.05, 0.1) is 37.1 Å². The molecule has 3 aromatic rings. The van der Waals surface area contributed by atoms with Gasteiger partial charge in [0.25, 0.3) is 0 Å². The van der Waals surface area contributed by atoms with Crippen LogP contribution >= 0.6 is 0 Å². The second-order valence-corrected chi connectivity index (χ2v) is 15.1. The van der Waals surface area contributed by atoms with Gasteiger partial charge in [0.1, 0.15) is 6.10 Å². The number of unbranched alkanes of at least 4 members (excludes halogenated alkanes) is 7. The molecule has 8 atom stereocenters. The first-order valence-corrected chi connectivity index (χ1v) is 20.2. The molecule has 1 N–H and O–H groups in total. The Morgan fingerprint density at radius 2 is 1.16 bits per heavy atom. The predicted molar refractivity (Wildman–Crippen MR) is 202 cm³/mol. The van der Waals surface area contributed by atoms with Crippen molar-refractivity contribution in [1.82, 2.24) is 0 Å². The van der Waals surface area contributed by atoms with Gasteiger partial charge in [-0.3, -0.25) is 0 Å². The van der Waals surface area contributed by atoms with Gasteiger partial charge in [-0.05, 0) is 80.5 Å². The lowest BCUT2D eigenvalue weighted by atomic mass is 9.94. The van der Waals surface area contributed by atoms with E-state index in [1.165, 1.54) is 80.0 Å². The van der Waals surface area contributed by atoms with Crippen molar-refractivity contribution in [2.75, 3.05) is 6.61 Å². The monoisotopic (exact) mass is 698 g/mol. The number of hydrogen-bond donors (Lipinski definition) is 1. The zero-order valence-electron chi connectivity index (χ0n) is 31.3. The third-order valence-corrected chi connectivity index (χ3v) is 11.2. The van der Waals surface area contributed by atoms with Crippen LogP contribution in [0, 0.1) is 0 Å². The summed E-state index contributed by atoms with van der Waals surface area (Å²) in [7, 11) is 0. The van der Waals surface area contributed by atoms with E-state index in [0.717, 1.165) is 44.1 Å². The summed E-state index contributed by atoms with van der Waals surface area (Å²) in [4.78, 5) is 0. The summed E-state index contributed by atoms with van der Waals surface area (Å²) in [5, 5.41) is 11.0. The molecule has 0 aromatic heterocycles. The first-order chi connectivity index (χ1) is 25.0. The van der Waals surface area contributed by atoms with Crippen molar-refractivity contribution in [2.24, 2.45) is 0 Å². The molecule has 0 spiro atoms. The van der Waals surface area contributed by atoms with Crippen LogP contribution in [0.5, 0.6) is 0 Å². The van der Waals surface area contributed by atoms with Crippen LogP contribution in [0.15, 0.2) is 72.8 Å². The van der Waals surface area contributed by atoms with Gasteiger partial charge < -0.3 is 28.8 Å². The fraction of sp³-hybridized carbons (Fsp3) is 0.600. The highest BCUT2D eigenvalue weighted by molar-refractivity contribution is 5.27. The van der Waals surface area contributed by atoms with E-state index in [-0.39, 0.29) is 36.6 Å². The van der Waals surface area contributed by atoms with E-state index in [9.17, 15) is 5.11 Å². The first-order valence-electron chi connectivity index (χ1n) is 20.2. The van der Waals surface area contributed by atoms with Gasteiger partial charge in [-0.1, -0.05) is 132 Å². The predicted octanol–water partition coefficient (Wildman–Crippen LogP) is 11.0. The van der Waals surface area contributed by atoms with Crippen LogP contribution in [0.1, 0.15) is 162 Å². The van der Waals surface area contributed by atoms with E-state index >= 15 is 0 Å². The van der Waals surface area contributed by atoms with Crippen molar-refractivity contribution in [2.45, 2.75) is 166 Å². The van der Waals surface area contributed by atoms with Crippen molar-refractivity contribution in [1.29, 1.82) is 0 Å². The molecule has 6 heteroatoms. The van der Waals surface area contributed by atoms with Crippen molar-refractivity contribution in [3.05, 3.63) is 106 Å². The second-order valence-electron chi connectivity index (χ2n) is 15.1. The molecule has 3 saturated heterocycles. The topological polar surface area (TPSA) is 66.4 Å².